The largest absolute Gasteiger partial charge is 0.397 e. The molecule has 1 aromatic rings. The molecular weight excluding hydrogens is 181 g/mol. The third-order valence-electron chi connectivity index (χ3n) is 1.49. The summed E-state index contributed by atoms with van der Waals surface area (Å²) in [6.45, 7) is 1.27. The second-order valence-electron chi connectivity index (χ2n) is 2.39. The second-order valence-corrected chi connectivity index (χ2v) is 2.76. The van der Waals surface area contributed by atoms with Gasteiger partial charge in [0.2, 0.25) is 0 Å². The van der Waals surface area contributed by atoms with Crippen LogP contribution in [0.5, 0.6) is 0 Å². The summed E-state index contributed by atoms with van der Waals surface area (Å²) >= 11 is 5.47. The number of halogens is 2. The number of carbonyl (C=O) groups excluding carboxylic acids is 1. The lowest BCUT2D eigenvalue weighted by molar-refractivity contribution is 0.101. The van der Waals surface area contributed by atoms with Crippen LogP contribution in [0.2, 0.25) is 5.02 Å². The van der Waals surface area contributed by atoms with Crippen LogP contribution in [0.25, 0.3) is 0 Å². The maximum atomic E-state index is 13.1. The molecular formula is C8H7ClFNO. The van der Waals surface area contributed by atoms with E-state index in [0.717, 1.165) is 0 Å². The molecule has 0 saturated heterocycles. The molecule has 0 aliphatic rings. The highest BCUT2D eigenvalue weighted by atomic mass is 35.5. The van der Waals surface area contributed by atoms with Crippen molar-refractivity contribution in [1.29, 1.82) is 0 Å². The van der Waals surface area contributed by atoms with Crippen molar-refractivity contribution >= 4 is 23.1 Å². The zero-order chi connectivity index (χ0) is 9.30. The van der Waals surface area contributed by atoms with Crippen molar-refractivity contribution in [3.63, 3.8) is 0 Å². The number of nitrogen functional groups attached to an aromatic ring is 1. The zero-order valence-electron chi connectivity index (χ0n) is 6.40. The maximum Gasteiger partial charge on any atom is 0.162 e. The summed E-state index contributed by atoms with van der Waals surface area (Å²) in [5.74, 6) is -1.11. The third-order valence-corrected chi connectivity index (χ3v) is 1.88. The van der Waals surface area contributed by atoms with Crippen molar-refractivity contribution in [3.8, 4) is 0 Å². The molecule has 2 nitrogen and oxygen atoms in total. The van der Waals surface area contributed by atoms with Gasteiger partial charge in [-0.25, -0.2) is 4.39 Å². The summed E-state index contributed by atoms with van der Waals surface area (Å²) in [6.07, 6.45) is 0. The topological polar surface area (TPSA) is 43.1 Å². The quantitative estimate of drug-likeness (QED) is 0.541. The SMILES string of the molecule is CC(=O)c1ccc(N)c(Cl)c1F. The average Bonchev–Trinajstić information content (AvgIpc) is 2.00. The molecule has 1 aromatic carbocycles. The lowest BCUT2D eigenvalue weighted by Crippen LogP contribution is -1.99. The zero-order valence-corrected chi connectivity index (χ0v) is 7.15. The summed E-state index contributed by atoms with van der Waals surface area (Å²) in [5.41, 5.74) is 5.41. The number of hydrogen-bond acceptors (Lipinski definition) is 2. The van der Waals surface area contributed by atoms with Crippen molar-refractivity contribution in [3.05, 3.63) is 28.5 Å². The van der Waals surface area contributed by atoms with Crippen molar-refractivity contribution < 1.29 is 9.18 Å². The lowest BCUT2D eigenvalue weighted by Gasteiger charge is -2.02. The Kier molecular flexibility index (Phi) is 2.33. The summed E-state index contributed by atoms with van der Waals surface area (Å²) in [5, 5.41) is -0.192. The number of ketones is 1. The molecule has 0 aliphatic heterocycles. The third kappa shape index (κ3) is 1.41. The Hall–Kier alpha value is -1.09. The van der Waals surface area contributed by atoms with Crippen LogP contribution in [0, 0.1) is 5.82 Å². The first-order chi connectivity index (χ1) is 5.54. The van der Waals surface area contributed by atoms with Gasteiger partial charge in [0.1, 0.15) is 0 Å². The van der Waals surface area contributed by atoms with Crippen LogP contribution in [0.1, 0.15) is 17.3 Å². The Labute approximate surface area is 74.1 Å². The van der Waals surface area contributed by atoms with E-state index in [0.29, 0.717) is 0 Å². The van der Waals surface area contributed by atoms with Crippen LogP contribution < -0.4 is 5.73 Å². The van der Waals surface area contributed by atoms with Gasteiger partial charge in [-0.1, -0.05) is 11.6 Å². The average molecular weight is 188 g/mol. The fourth-order valence-electron chi connectivity index (χ4n) is 0.836. The highest BCUT2D eigenvalue weighted by molar-refractivity contribution is 6.33. The van der Waals surface area contributed by atoms with Crippen LogP contribution in [-0.2, 0) is 0 Å². The number of hydrogen-bond donors (Lipinski definition) is 1. The van der Waals surface area contributed by atoms with E-state index < -0.39 is 5.82 Å². The Bertz CT molecular complexity index is 338. The van der Waals surface area contributed by atoms with E-state index >= 15 is 0 Å². The molecule has 0 spiro atoms. The van der Waals surface area contributed by atoms with Crippen LogP contribution in [0.3, 0.4) is 0 Å². The molecule has 0 fully saturated rings. The number of benzene rings is 1. The lowest BCUT2D eigenvalue weighted by atomic mass is 10.1. The Morgan fingerprint density at radius 3 is 2.67 bits per heavy atom. The first kappa shape index (κ1) is 9.00. The minimum atomic E-state index is -0.746. The van der Waals surface area contributed by atoms with E-state index in [1.165, 1.54) is 19.1 Å². The molecule has 64 valence electrons. The molecule has 4 heteroatoms. The number of nitrogens with two attached hydrogens (primary N) is 1. The molecule has 0 aromatic heterocycles. The van der Waals surface area contributed by atoms with E-state index in [-0.39, 0.29) is 22.1 Å². The fourth-order valence-corrected chi connectivity index (χ4v) is 1.00. The van der Waals surface area contributed by atoms with Gasteiger partial charge in [-0.2, -0.15) is 0 Å². The summed E-state index contributed by atoms with van der Waals surface area (Å²) in [6, 6.07) is 2.72. The highest BCUT2D eigenvalue weighted by Gasteiger charge is 2.12. The molecule has 12 heavy (non-hydrogen) atoms. The molecule has 0 atom stereocenters. The number of rotatable bonds is 1. The van der Waals surface area contributed by atoms with Gasteiger partial charge in [0.25, 0.3) is 0 Å². The maximum absolute atomic E-state index is 13.1. The van der Waals surface area contributed by atoms with E-state index in [1.54, 1.807) is 0 Å². The van der Waals surface area contributed by atoms with Gasteiger partial charge in [-0.05, 0) is 19.1 Å². The Morgan fingerprint density at radius 2 is 2.17 bits per heavy atom. The molecule has 0 aliphatic carbocycles. The van der Waals surface area contributed by atoms with Crippen LogP contribution in [0.15, 0.2) is 12.1 Å². The van der Waals surface area contributed by atoms with E-state index in [9.17, 15) is 9.18 Å². The van der Waals surface area contributed by atoms with E-state index in [2.05, 4.69) is 0 Å². The van der Waals surface area contributed by atoms with Crippen LogP contribution in [-0.4, -0.2) is 5.78 Å². The molecule has 0 heterocycles. The predicted octanol–water partition coefficient (Wildman–Crippen LogP) is 2.26. The Morgan fingerprint density at radius 1 is 1.58 bits per heavy atom. The Balaban J connectivity index is 3.36. The van der Waals surface area contributed by atoms with Gasteiger partial charge in [0.05, 0.1) is 16.3 Å². The fraction of sp³-hybridized carbons (Fsp3) is 0.125. The van der Waals surface area contributed by atoms with Gasteiger partial charge < -0.3 is 5.73 Å². The number of anilines is 1. The normalized spacial score (nSPS) is 9.92. The summed E-state index contributed by atoms with van der Waals surface area (Å²) < 4.78 is 13.1. The van der Waals surface area contributed by atoms with Crippen LogP contribution >= 0.6 is 11.6 Å². The number of carbonyl (C=O) groups is 1. The predicted molar refractivity (Wildman–Crippen MR) is 45.8 cm³/mol. The van der Waals surface area contributed by atoms with Crippen molar-refractivity contribution in [2.45, 2.75) is 6.92 Å². The van der Waals surface area contributed by atoms with Gasteiger partial charge in [-0.3, -0.25) is 4.79 Å². The van der Waals surface area contributed by atoms with Gasteiger partial charge >= 0.3 is 0 Å². The number of Topliss-reactive ketones (excluding diaryl/α,β-unsaturated/α-hetero) is 1. The van der Waals surface area contributed by atoms with Gasteiger partial charge in [-0.15, -0.1) is 0 Å². The first-order valence-electron chi connectivity index (χ1n) is 3.28. The molecule has 0 amide bonds. The van der Waals surface area contributed by atoms with Crippen molar-refractivity contribution in [1.82, 2.24) is 0 Å². The smallest absolute Gasteiger partial charge is 0.162 e. The summed E-state index contributed by atoms with van der Waals surface area (Å²) in [7, 11) is 0. The minimum Gasteiger partial charge on any atom is -0.397 e. The van der Waals surface area contributed by atoms with Crippen molar-refractivity contribution in [2.75, 3.05) is 5.73 Å². The van der Waals surface area contributed by atoms with E-state index in [1.807, 2.05) is 0 Å². The minimum absolute atomic E-state index is 0.0331. The molecule has 0 unspecified atom stereocenters. The molecule has 0 saturated carbocycles. The van der Waals surface area contributed by atoms with E-state index in [4.69, 9.17) is 17.3 Å². The molecule has 0 bridgehead atoms. The monoisotopic (exact) mass is 187 g/mol. The summed E-state index contributed by atoms with van der Waals surface area (Å²) in [4.78, 5) is 10.8. The van der Waals surface area contributed by atoms with Gasteiger partial charge in [0, 0.05) is 0 Å². The molecule has 2 N–H and O–H groups in total. The van der Waals surface area contributed by atoms with Crippen molar-refractivity contribution in [2.24, 2.45) is 0 Å². The molecule has 1 rings (SSSR count). The second kappa shape index (κ2) is 3.11. The first-order valence-corrected chi connectivity index (χ1v) is 3.66. The van der Waals surface area contributed by atoms with Crippen LogP contribution in [0.4, 0.5) is 10.1 Å². The standard InChI is InChI=1S/C8H7ClFNO/c1-4(12)5-2-3-6(11)7(9)8(5)10/h2-3H,11H2,1H3. The highest BCUT2D eigenvalue weighted by Crippen LogP contribution is 2.24. The van der Waals surface area contributed by atoms with Gasteiger partial charge in [0.15, 0.2) is 11.6 Å². The molecule has 0 radical (unpaired) electrons.